The summed E-state index contributed by atoms with van der Waals surface area (Å²) in [5, 5.41) is 10.2. The molecule has 0 aliphatic heterocycles. The summed E-state index contributed by atoms with van der Waals surface area (Å²) in [6, 6.07) is 0. The largest absolute Gasteiger partial charge is 0.382 e. The van der Waals surface area contributed by atoms with Crippen LogP contribution in [0.3, 0.4) is 0 Å². The van der Waals surface area contributed by atoms with Crippen LogP contribution in [-0.2, 0) is 0 Å². The lowest BCUT2D eigenvalue weighted by Crippen LogP contribution is -2.14. The zero-order chi connectivity index (χ0) is 10.7. The van der Waals surface area contributed by atoms with E-state index in [2.05, 4.69) is 25.5 Å². The molecule has 0 atom stereocenters. The topological polar surface area (TPSA) is 107 Å². The third-order valence-electron chi connectivity index (χ3n) is 1.47. The lowest BCUT2D eigenvalue weighted by Gasteiger charge is -1.99. The molecular formula is C7H6N6OS. The van der Waals surface area contributed by atoms with Crippen molar-refractivity contribution in [3.05, 3.63) is 23.6 Å². The Hall–Kier alpha value is -2.09. The summed E-state index contributed by atoms with van der Waals surface area (Å²) < 4.78 is 0. The number of anilines is 2. The summed E-state index contributed by atoms with van der Waals surface area (Å²) >= 11 is 1.22. The van der Waals surface area contributed by atoms with Gasteiger partial charge >= 0.3 is 0 Å². The van der Waals surface area contributed by atoms with Gasteiger partial charge in [0.2, 0.25) is 5.13 Å². The van der Waals surface area contributed by atoms with Gasteiger partial charge in [0.15, 0.2) is 0 Å². The van der Waals surface area contributed by atoms with Gasteiger partial charge in [-0.05, 0) is 0 Å². The maximum Gasteiger partial charge on any atom is 0.277 e. The first-order chi connectivity index (χ1) is 7.25. The van der Waals surface area contributed by atoms with Gasteiger partial charge in [0, 0.05) is 0 Å². The summed E-state index contributed by atoms with van der Waals surface area (Å²) in [6.45, 7) is 0. The van der Waals surface area contributed by atoms with E-state index >= 15 is 0 Å². The fourth-order valence-electron chi connectivity index (χ4n) is 0.879. The number of nitrogens with zero attached hydrogens (tertiary/aromatic N) is 4. The van der Waals surface area contributed by atoms with E-state index in [1.807, 2.05) is 0 Å². The first-order valence-corrected chi connectivity index (χ1v) is 4.79. The van der Waals surface area contributed by atoms with Gasteiger partial charge in [0.05, 0.1) is 12.4 Å². The Morgan fingerprint density at radius 2 is 2.33 bits per heavy atom. The van der Waals surface area contributed by atoms with E-state index in [9.17, 15) is 4.79 Å². The number of rotatable bonds is 2. The molecular weight excluding hydrogens is 216 g/mol. The minimum Gasteiger partial charge on any atom is -0.382 e. The Kier molecular flexibility index (Phi) is 2.50. The van der Waals surface area contributed by atoms with Gasteiger partial charge in [-0.25, -0.2) is 4.98 Å². The molecule has 1 amide bonds. The molecule has 0 aliphatic rings. The summed E-state index contributed by atoms with van der Waals surface area (Å²) in [4.78, 5) is 19.1. The van der Waals surface area contributed by atoms with Crippen molar-refractivity contribution in [2.24, 2.45) is 0 Å². The summed E-state index contributed by atoms with van der Waals surface area (Å²) in [7, 11) is 0. The van der Waals surface area contributed by atoms with E-state index in [4.69, 9.17) is 5.73 Å². The highest BCUT2D eigenvalue weighted by Crippen LogP contribution is 2.09. The minimum atomic E-state index is -0.411. The van der Waals surface area contributed by atoms with Gasteiger partial charge in [-0.2, -0.15) is 0 Å². The molecule has 76 valence electrons. The van der Waals surface area contributed by atoms with Gasteiger partial charge in [-0.3, -0.25) is 15.1 Å². The first-order valence-electron chi connectivity index (χ1n) is 3.91. The third-order valence-corrected chi connectivity index (χ3v) is 2.07. The molecule has 2 rings (SSSR count). The summed E-state index contributed by atoms with van der Waals surface area (Å²) in [5.74, 6) is -0.216. The minimum absolute atomic E-state index is 0.144. The molecule has 3 N–H and O–H groups in total. The highest BCUT2D eigenvalue weighted by molar-refractivity contribution is 7.13. The number of nitrogen functional groups attached to an aromatic ring is 1. The van der Waals surface area contributed by atoms with Crippen molar-refractivity contribution < 1.29 is 4.79 Å². The van der Waals surface area contributed by atoms with Crippen molar-refractivity contribution in [3.8, 4) is 0 Å². The van der Waals surface area contributed by atoms with Gasteiger partial charge in [0.25, 0.3) is 5.91 Å². The molecule has 2 heterocycles. The van der Waals surface area contributed by atoms with Gasteiger partial charge in [-0.15, -0.1) is 10.2 Å². The van der Waals surface area contributed by atoms with Crippen LogP contribution in [-0.4, -0.2) is 26.1 Å². The maximum atomic E-state index is 11.5. The monoisotopic (exact) mass is 222 g/mol. The molecule has 0 aliphatic carbocycles. The standard InChI is InChI=1S/C7H6N6OS/c8-5-2-9-1-4(11-5)6(14)12-7-13-10-3-15-7/h1-3H,(H2,8,11)(H,12,13,14). The van der Waals surface area contributed by atoms with E-state index in [1.165, 1.54) is 29.2 Å². The number of hydrogen-bond donors (Lipinski definition) is 2. The van der Waals surface area contributed by atoms with Crippen molar-refractivity contribution in [3.63, 3.8) is 0 Å². The third kappa shape index (κ3) is 2.23. The van der Waals surface area contributed by atoms with E-state index in [0.29, 0.717) is 5.13 Å². The molecule has 0 saturated heterocycles. The summed E-state index contributed by atoms with van der Waals surface area (Å²) in [6.07, 6.45) is 2.69. The predicted octanol–water partition coefficient (Wildman–Crippen LogP) is 0.163. The van der Waals surface area contributed by atoms with Crippen molar-refractivity contribution in [1.82, 2.24) is 20.2 Å². The quantitative estimate of drug-likeness (QED) is 0.749. The molecule has 0 radical (unpaired) electrons. The lowest BCUT2D eigenvalue weighted by molar-refractivity contribution is 0.102. The van der Waals surface area contributed by atoms with Crippen LogP contribution >= 0.6 is 11.3 Å². The van der Waals surface area contributed by atoms with Crippen LogP contribution in [0, 0.1) is 0 Å². The molecule has 0 bridgehead atoms. The number of aromatic nitrogens is 4. The van der Waals surface area contributed by atoms with Crippen molar-refractivity contribution >= 4 is 28.2 Å². The fourth-order valence-corrected chi connectivity index (χ4v) is 1.32. The molecule has 0 fully saturated rings. The van der Waals surface area contributed by atoms with Crippen LogP contribution in [0.4, 0.5) is 10.9 Å². The highest BCUT2D eigenvalue weighted by Gasteiger charge is 2.09. The van der Waals surface area contributed by atoms with Crippen LogP contribution in [0.5, 0.6) is 0 Å². The molecule has 2 aromatic rings. The van der Waals surface area contributed by atoms with Crippen LogP contribution in [0.1, 0.15) is 10.5 Å². The van der Waals surface area contributed by atoms with Crippen molar-refractivity contribution in [1.29, 1.82) is 0 Å². The molecule has 0 spiro atoms. The fraction of sp³-hybridized carbons (Fsp3) is 0. The second kappa shape index (κ2) is 3.96. The highest BCUT2D eigenvalue weighted by atomic mass is 32.1. The van der Waals surface area contributed by atoms with Crippen LogP contribution in [0.2, 0.25) is 0 Å². The number of carbonyl (C=O) groups is 1. The molecule has 15 heavy (non-hydrogen) atoms. The van der Waals surface area contributed by atoms with Crippen LogP contribution in [0.25, 0.3) is 0 Å². The molecule has 0 unspecified atom stereocenters. The normalized spacial score (nSPS) is 9.87. The number of amides is 1. The predicted molar refractivity (Wildman–Crippen MR) is 54.3 cm³/mol. The number of hydrogen-bond acceptors (Lipinski definition) is 7. The zero-order valence-electron chi connectivity index (χ0n) is 7.41. The van der Waals surface area contributed by atoms with Crippen LogP contribution in [0.15, 0.2) is 17.9 Å². The Bertz CT molecular complexity index is 470. The summed E-state index contributed by atoms with van der Waals surface area (Å²) in [5.41, 5.74) is 7.05. The lowest BCUT2D eigenvalue weighted by atomic mass is 10.4. The molecule has 8 heteroatoms. The Labute approximate surface area is 88.4 Å². The Balaban J connectivity index is 2.15. The second-order valence-corrected chi connectivity index (χ2v) is 3.36. The van der Waals surface area contributed by atoms with Gasteiger partial charge in [-0.1, -0.05) is 11.3 Å². The Morgan fingerprint density at radius 3 is 3.00 bits per heavy atom. The average molecular weight is 222 g/mol. The SMILES string of the molecule is Nc1cncc(C(=O)Nc2nncs2)n1. The average Bonchev–Trinajstić information content (AvgIpc) is 2.70. The number of nitrogens with one attached hydrogen (secondary N) is 1. The Morgan fingerprint density at radius 1 is 1.47 bits per heavy atom. The van der Waals surface area contributed by atoms with E-state index in [0.717, 1.165) is 0 Å². The zero-order valence-corrected chi connectivity index (χ0v) is 8.23. The van der Waals surface area contributed by atoms with Crippen molar-refractivity contribution in [2.75, 3.05) is 11.1 Å². The van der Waals surface area contributed by atoms with E-state index in [1.54, 1.807) is 0 Å². The molecule has 0 aromatic carbocycles. The molecule has 2 aromatic heterocycles. The van der Waals surface area contributed by atoms with E-state index in [-0.39, 0.29) is 11.5 Å². The molecule has 0 saturated carbocycles. The maximum absolute atomic E-state index is 11.5. The smallest absolute Gasteiger partial charge is 0.277 e. The van der Waals surface area contributed by atoms with Crippen molar-refractivity contribution in [2.45, 2.75) is 0 Å². The van der Waals surface area contributed by atoms with E-state index < -0.39 is 5.91 Å². The first kappa shape index (κ1) is 9.46. The van der Waals surface area contributed by atoms with Crippen LogP contribution < -0.4 is 11.1 Å². The van der Waals surface area contributed by atoms with Gasteiger partial charge < -0.3 is 5.73 Å². The molecule has 7 nitrogen and oxygen atoms in total. The number of carbonyl (C=O) groups excluding carboxylic acids is 1. The second-order valence-electron chi connectivity index (χ2n) is 2.53. The number of nitrogens with two attached hydrogens (primary N) is 1. The van der Waals surface area contributed by atoms with Gasteiger partial charge in [0.1, 0.15) is 17.0 Å².